The van der Waals surface area contributed by atoms with Crippen molar-refractivity contribution in [3.8, 4) is 17.2 Å². The zero-order valence-corrected chi connectivity index (χ0v) is 12.3. The summed E-state index contributed by atoms with van der Waals surface area (Å²) >= 11 is 3.39. The fourth-order valence-electron chi connectivity index (χ4n) is 1.55. The van der Waals surface area contributed by atoms with Gasteiger partial charge in [0.15, 0.2) is 5.75 Å². The fraction of sp³-hybridized carbons (Fsp3) is 0.200. The smallest absolute Gasteiger partial charge is 0.151 e. The molecule has 0 spiro atoms. The zero-order valence-electron chi connectivity index (χ0n) is 10.7. The Bertz CT molecular complexity index is 540. The second-order valence-electron chi connectivity index (χ2n) is 4.10. The van der Waals surface area contributed by atoms with Gasteiger partial charge in [0, 0.05) is 4.47 Å². The second-order valence-corrected chi connectivity index (χ2v) is 5.02. The van der Waals surface area contributed by atoms with Crippen LogP contribution in [0.4, 0.5) is 5.69 Å². The number of nitrogens with two attached hydrogens (primary N) is 1. The molecule has 2 N–H and O–H groups in total. The Kier molecular flexibility index (Phi) is 4.68. The van der Waals surface area contributed by atoms with Gasteiger partial charge in [0.05, 0.1) is 12.3 Å². The van der Waals surface area contributed by atoms with E-state index in [2.05, 4.69) is 22.9 Å². The maximum atomic E-state index is 5.86. The van der Waals surface area contributed by atoms with Crippen molar-refractivity contribution in [3.63, 3.8) is 0 Å². The molecular weight excluding hydrogens is 306 g/mol. The van der Waals surface area contributed by atoms with E-state index in [1.807, 2.05) is 36.4 Å². The molecule has 3 nitrogen and oxygen atoms in total. The van der Waals surface area contributed by atoms with E-state index >= 15 is 0 Å². The number of anilines is 1. The van der Waals surface area contributed by atoms with Gasteiger partial charge in [-0.15, -0.1) is 0 Å². The highest BCUT2D eigenvalue weighted by molar-refractivity contribution is 9.10. The van der Waals surface area contributed by atoms with Crippen LogP contribution in [0.2, 0.25) is 0 Å². The SMILES string of the molecule is CCCOc1ccc(Oc2cc(Br)ccc2N)cc1. The van der Waals surface area contributed by atoms with Gasteiger partial charge in [0.1, 0.15) is 11.5 Å². The molecule has 0 saturated heterocycles. The number of benzene rings is 2. The minimum atomic E-state index is 0.606. The van der Waals surface area contributed by atoms with Crippen molar-refractivity contribution in [2.75, 3.05) is 12.3 Å². The minimum Gasteiger partial charge on any atom is -0.494 e. The first-order valence-electron chi connectivity index (χ1n) is 6.15. The van der Waals surface area contributed by atoms with Crippen molar-refractivity contribution < 1.29 is 9.47 Å². The van der Waals surface area contributed by atoms with Crippen LogP contribution in [0.15, 0.2) is 46.9 Å². The van der Waals surface area contributed by atoms with Gasteiger partial charge in [0.2, 0.25) is 0 Å². The standard InChI is InChI=1S/C15H16BrNO2/c1-2-9-18-12-4-6-13(7-5-12)19-15-10-11(16)3-8-14(15)17/h3-8,10H,2,9,17H2,1H3. The largest absolute Gasteiger partial charge is 0.494 e. The molecule has 2 aromatic rings. The first kappa shape index (κ1) is 13.7. The highest BCUT2D eigenvalue weighted by Gasteiger charge is 2.03. The summed E-state index contributed by atoms with van der Waals surface area (Å²) in [6.07, 6.45) is 0.993. The quantitative estimate of drug-likeness (QED) is 0.818. The summed E-state index contributed by atoms with van der Waals surface area (Å²) in [5, 5.41) is 0. The molecular formula is C15H16BrNO2. The average molecular weight is 322 g/mol. The van der Waals surface area contributed by atoms with Gasteiger partial charge in [-0.1, -0.05) is 22.9 Å². The van der Waals surface area contributed by atoms with Crippen molar-refractivity contribution in [1.29, 1.82) is 0 Å². The van der Waals surface area contributed by atoms with Crippen molar-refractivity contribution in [2.24, 2.45) is 0 Å². The topological polar surface area (TPSA) is 44.5 Å². The molecule has 2 rings (SSSR count). The van der Waals surface area contributed by atoms with Gasteiger partial charge in [-0.25, -0.2) is 0 Å². The summed E-state index contributed by atoms with van der Waals surface area (Å²) in [7, 11) is 0. The van der Waals surface area contributed by atoms with Crippen LogP contribution in [0.25, 0.3) is 0 Å². The molecule has 100 valence electrons. The van der Waals surface area contributed by atoms with E-state index in [-0.39, 0.29) is 0 Å². The molecule has 4 heteroatoms. The summed E-state index contributed by atoms with van der Waals surface area (Å²) in [6.45, 7) is 2.80. The third-order valence-corrected chi connectivity index (χ3v) is 2.99. The van der Waals surface area contributed by atoms with Crippen LogP contribution in [0.3, 0.4) is 0 Å². The molecule has 0 bridgehead atoms. The first-order valence-corrected chi connectivity index (χ1v) is 6.94. The lowest BCUT2D eigenvalue weighted by molar-refractivity contribution is 0.317. The molecule has 0 atom stereocenters. The van der Waals surface area contributed by atoms with Crippen LogP contribution in [0, 0.1) is 0 Å². The number of hydrogen-bond donors (Lipinski definition) is 1. The van der Waals surface area contributed by atoms with E-state index in [1.54, 1.807) is 6.07 Å². The second kappa shape index (κ2) is 6.48. The van der Waals surface area contributed by atoms with Crippen molar-refractivity contribution >= 4 is 21.6 Å². The van der Waals surface area contributed by atoms with E-state index < -0.39 is 0 Å². The molecule has 0 aromatic heterocycles. The van der Waals surface area contributed by atoms with Crippen LogP contribution >= 0.6 is 15.9 Å². The van der Waals surface area contributed by atoms with E-state index in [0.717, 1.165) is 29.0 Å². The molecule has 2 aromatic carbocycles. The van der Waals surface area contributed by atoms with Gasteiger partial charge >= 0.3 is 0 Å². The lowest BCUT2D eigenvalue weighted by atomic mass is 10.3. The molecule has 0 saturated carbocycles. The Morgan fingerprint density at radius 1 is 1.05 bits per heavy atom. The van der Waals surface area contributed by atoms with Gasteiger partial charge in [-0.2, -0.15) is 0 Å². The molecule has 0 radical (unpaired) electrons. The predicted octanol–water partition coefficient (Wildman–Crippen LogP) is 4.61. The fourth-order valence-corrected chi connectivity index (χ4v) is 1.89. The summed E-state index contributed by atoms with van der Waals surface area (Å²) in [6, 6.07) is 13.0. The number of hydrogen-bond acceptors (Lipinski definition) is 3. The van der Waals surface area contributed by atoms with Crippen LogP contribution in [0.1, 0.15) is 13.3 Å². The molecule has 0 aliphatic heterocycles. The van der Waals surface area contributed by atoms with Gasteiger partial charge in [0.25, 0.3) is 0 Å². The lowest BCUT2D eigenvalue weighted by Gasteiger charge is -2.10. The Balaban J connectivity index is 2.08. The Hall–Kier alpha value is -1.68. The first-order chi connectivity index (χ1) is 9.19. The van der Waals surface area contributed by atoms with E-state index in [0.29, 0.717) is 11.4 Å². The van der Waals surface area contributed by atoms with Gasteiger partial charge < -0.3 is 15.2 Å². The van der Waals surface area contributed by atoms with E-state index in [4.69, 9.17) is 15.2 Å². The van der Waals surface area contributed by atoms with E-state index in [1.165, 1.54) is 0 Å². The summed E-state index contributed by atoms with van der Waals surface area (Å²) < 4.78 is 12.2. The third kappa shape index (κ3) is 3.89. The normalized spacial score (nSPS) is 10.2. The maximum Gasteiger partial charge on any atom is 0.151 e. The molecule has 0 amide bonds. The van der Waals surface area contributed by atoms with E-state index in [9.17, 15) is 0 Å². The average Bonchev–Trinajstić information content (AvgIpc) is 2.42. The highest BCUT2D eigenvalue weighted by Crippen LogP contribution is 2.31. The minimum absolute atomic E-state index is 0.606. The summed E-state index contributed by atoms with van der Waals surface area (Å²) in [4.78, 5) is 0. The Morgan fingerprint density at radius 3 is 2.42 bits per heavy atom. The number of nitrogen functional groups attached to an aromatic ring is 1. The van der Waals surface area contributed by atoms with Gasteiger partial charge in [-0.05, 0) is 48.9 Å². The lowest BCUT2D eigenvalue weighted by Crippen LogP contribution is -1.95. The van der Waals surface area contributed by atoms with Crippen LogP contribution in [-0.4, -0.2) is 6.61 Å². The Morgan fingerprint density at radius 2 is 1.74 bits per heavy atom. The summed E-state index contributed by atoms with van der Waals surface area (Å²) in [5.74, 6) is 2.21. The molecule has 0 heterocycles. The molecule has 19 heavy (non-hydrogen) atoms. The molecule has 0 aliphatic rings. The van der Waals surface area contributed by atoms with Crippen molar-refractivity contribution in [1.82, 2.24) is 0 Å². The van der Waals surface area contributed by atoms with Crippen LogP contribution < -0.4 is 15.2 Å². The number of rotatable bonds is 5. The van der Waals surface area contributed by atoms with Crippen molar-refractivity contribution in [3.05, 3.63) is 46.9 Å². The van der Waals surface area contributed by atoms with Crippen molar-refractivity contribution in [2.45, 2.75) is 13.3 Å². The number of halogens is 1. The predicted molar refractivity (Wildman–Crippen MR) is 80.9 cm³/mol. The van der Waals surface area contributed by atoms with Crippen LogP contribution in [0.5, 0.6) is 17.2 Å². The monoisotopic (exact) mass is 321 g/mol. The molecule has 0 unspecified atom stereocenters. The number of ether oxygens (including phenoxy) is 2. The molecule has 0 fully saturated rings. The zero-order chi connectivity index (χ0) is 13.7. The molecule has 0 aliphatic carbocycles. The summed E-state index contributed by atoms with van der Waals surface area (Å²) in [5.41, 5.74) is 6.47. The highest BCUT2D eigenvalue weighted by atomic mass is 79.9. The van der Waals surface area contributed by atoms with Gasteiger partial charge in [-0.3, -0.25) is 0 Å². The maximum absolute atomic E-state index is 5.86. The third-order valence-electron chi connectivity index (χ3n) is 2.50. The Labute approximate surface area is 121 Å². The van der Waals surface area contributed by atoms with Crippen LogP contribution in [-0.2, 0) is 0 Å².